The molecule has 0 aromatic heterocycles. The maximum atomic E-state index is 11.4. The van der Waals surface area contributed by atoms with Gasteiger partial charge < -0.3 is 24.3 Å². The Morgan fingerprint density at radius 2 is 1.47 bits per heavy atom. The predicted molar refractivity (Wildman–Crippen MR) is 60.4 cm³/mol. The minimum Gasteiger partial charge on any atom is -0.432 e. The van der Waals surface area contributed by atoms with Gasteiger partial charge in [-0.3, -0.25) is 13.8 Å². The van der Waals surface area contributed by atoms with Crippen molar-refractivity contribution in [1.82, 2.24) is 0 Å². The quantitative estimate of drug-likeness (QED) is 0.270. The minimum absolute atomic E-state index is 0.0117. The van der Waals surface area contributed by atoms with Gasteiger partial charge >= 0.3 is 21.6 Å². The fraction of sp³-hybridized carbons (Fsp3) is 0.571. The van der Waals surface area contributed by atoms with E-state index in [1.54, 1.807) is 0 Å². The smallest absolute Gasteiger partial charge is 0.432 e. The van der Waals surface area contributed by atoms with E-state index in [4.69, 9.17) is 19.6 Å². The maximum Gasteiger partial charge on any atom is 0.469 e. The number of phosphoric ester groups is 2. The van der Waals surface area contributed by atoms with E-state index in [-0.39, 0.29) is 5.76 Å². The van der Waals surface area contributed by atoms with Crippen molar-refractivity contribution in [2.45, 2.75) is 6.92 Å². The monoisotopic (exact) mass is 320 g/mol. The van der Waals surface area contributed by atoms with Gasteiger partial charge in [-0.05, 0) is 6.92 Å². The van der Waals surface area contributed by atoms with Crippen LogP contribution in [0.2, 0.25) is 0 Å². The van der Waals surface area contributed by atoms with Crippen LogP contribution in [0.15, 0.2) is 12.3 Å². The molecule has 0 aliphatic rings. The number of hydrogen-bond acceptors (Lipinski definition) is 6. The van der Waals surface area contributed by atoms with Gasteiger partial charge in [0, 0.05) is 0 Å². The summed E-state index contributed by atoms with van der Waals surface area (Å²) in [6.07, 6.45) is 0. The molecule has 0 heterocycles. The van der Waals surface area contributed by atoms with Crippen LogP contribution < -0.4 is 0 Å². The zero-order valence-corrected chi connectivity index (χ0v) is 11.6. The van der Waals surface area contributed by atoms with Crippen molar-refractivity contribution in [1.29, 1.82) is 0 Å². The highest BCUT2D eigenvalue weighted by Gasteiger charge is 2.28. The maximum absolute atomic E-state index is 11.4. The molecule has 0 atom stereocenters. The Balaban J connectivity index is 4.63. The lowest BCUT2D eigenvalue weighted by Gasteiger charge is -2.16. The largest absolute Gasteiger partial charge is 0.469 e. The van der Waals surface area contributed by atoms with E-state index < -0.39 is 40.7 Å². The van der Waals surface area contributed by atoms with E-state index in [0.29, 0.717) is 0 Å². The molecule has 12 heteroatoms. The van der Waals surface area contributed by atoms with Crippen LogP contribution in [-0.4, -0.2) is 38.8 Å². The molecule has 112 valence electrons. The number of hydrogen-bond donors (Lipinski definition) is 4. The summed E-state index contributed by atoms with van der Waals surface area (Å²) in [5, 5.41) is 0. The first-order valence-corrected chi connectivity index (χ1v) is 7.74. The predicted octanol–water partition coefficient (Wildman–Crippen LogP) is -0.102. The number of allylic oxidation sites excluding steroid dienone is 1. The Kier molecular flexibility index (Phi) is 7.06. The van der Waals surface area contributed by atoms with Crippen molar-refractivity contribution in [2.75, 3.05) is 13.2 Å². The number of phosphoric acid groups is 2. The van der Waals surface area contributed by atoms with E-state index in [2.05, 4.69) is 20.4 Å². The zero-order chi connectivity index (χ0) is 15.3. The van der Waals surface area contributed by atoms with Crippen molar-refractivity contribution >= 4 is 21.6 Å². The lowest BCUT2D eigenvalue weighted by atomic mass is 10.2. The molecule has 0 aliphatic carbocycles. The summed E-state index contributed by atoms with van der Waals surface area (Å²) in [5.74, 6) is -2.49. The Bertz CT molecular complexity index is 394. The average Bonchev–Trinajstić information content (AvgIpc) is 2.12. The number of esters is 1. The number of carbonyl (C=O) groups excluding carboxylic acids is 1. The first kappa shape index (κ1) is 18.4. The van der Waals surface area contributed by atoms with E-state index in [0.717, 1.165) is 0 Å². The highest BCUT2D eigenvalue weighted by molar-refractivity contribution is 7.46. The molecule has 0 amide bonds. The standard InChI is InChI=1S/C7H14O10P2/c1-5(2)17-7(8)6(3-15-18(9,10)11)4-16-19(12,13)14/h6H,1,3-4H2,2H3,(H2,9,10,11)(H2,12,13,14). The van der Waals surface area contributed by atoms with Crippen molar-refractivity contribution in [2.24, 2.45) is 5.92 Å². The second-order valence-corrected chi connectivity index (χ2v) is 5.87. The second-order valence-electron chi connectivity index (χ2n) is 3.39. The van der Waals surface area contributed by atoms with Crippen molar-refractivity contribution in [3.8, 4) is 0 Å². The van der Waals surface area contributed by atoms with Crippen LogP contribution >= 0.6 is 15.6 Å². The van der Waals surface area contributed by atoms with Gasteiger partial charge in [0.05, 0.1) is 19.0 Å². The first-order valence-electron chi connectivity index (χ1n) is 4.68. The zero-order valence-electron chi connectivity index (χ0n) is 9.83. The highest BCUT2D eigenvalue weighted by atomic mass is 31.2. The molecule has 0 unspecified atom stereocenters. The number of carbonyl (C=O) groups is 1. The van der Waals surface area contributed by atoms with Gasteiger partial charge in [-0.1, -0.05) is 6.58 Å². The molecule has 0 saturated heterocycles. The normalized spacial score (nSPS) is 12.5. The lowest BCUT2D eigenvalue weighted by Crippen LogP contribution is -2.26. The Morgan fingerprint density at radius 1 is 1.11 bits per heavy atom. The van der Waals surface area contributed by atoms with Crippen molar-refractivity contribution in [3.63, 3.8) is 0 Å². The summed E-state index contributed by atoms with van der Waals surface area (Å²) in [7, 11) is -9.68. The summed E-state index contributed by atoms with van der Waals surface area (Å²) in [5.41, 5.74) is 0. The highest BCUT2D eigenvalue weighted by Crippen LogP contribution is 2.38. The summed E-state index contributed by atoms with van der Waals surface area (Å²) < 4.78 is 33.6. The van der Waals surface area contributed by atoms with Crippen LogP contribution in [0.25, 0.3) is 0 Å². The third kappa shape index (κ3) is 11.0. The molecule has 0 aromatic carbocycles. The molecule has 19 heavy (non-hydrogen) atoms. The SMILES string of the molecule is C=C(C)OC(=O)C(COP(=O)(O)O)COP(=O)(O)O. The van der Waals surface area contributed by atoms with Crippen molar-refractivity contribution < 1.29 is 47.3 Å². The molecule has 0 saturated carbocycles. The van der Waals surface area contributed by atoms with Gasteiger partial charge in [0.25, 0.3) is 0 Å². The molecule has 0 spiro atoms. The molecule has 10 nitrogen and oxygen atoms in total. The van der Waals surface area contributed by atoms with E-state index in [9.17, 15) is 13.9 Å². The minimum atomic E-state index is -4.84. The summed E-state index contributed by atoms with van der Waals surface area (Å²) >= 11 is 0. The van der Waals surface area contributed by atoms with Crippen LogP contribution in [-0.2, 0) is 27.7 Å². The van der Waals surface area contributed by atoms with Crippen LogP contribution in [0, 0.1) is 5.92 Å². The molecule has 0 bridgehead atoms. The van der Waals surface area contributed by atoms with Crippen molar-refractivity contribution in [3.05, 3.63) is 12.3 Å². The fourth-order valence-corrected chi connectivity index (χ4v) is 1.56. The molecular weight excluding hydrogens is 306 g/mol. The molecule has 0 rings (SSSR count). The van der Waals surface area contributed by atoms with Gasteiger partial charge in [0.2, 0.25) is 0 Å². The van der Waals surface area contributed by atoms with Crippen LogP contribution in [0.1, 0.15) is 6.92 Å². The van der Waals surface area contributed by atoms with E-state index in [1.807, 2.05) is 0 Å². The summed E-state index contributed by atoms with van der Waals surface area (Å²) in [6, 6.07) is 0. The fourth-order valence-electron chi connectivity index (χ4n) is 0.813. The number of ether oxygens (including phenoxy) is 1. The second kappa shape index (κ2) is 7.28. The molecule has 0 radical (unpaired) electrons. The summed E-state index contributed by atoms with van der Waals surface area (Å²) in [4.78, 5) is 45.4. The molecular formula is C7H14O10P2. The van der Waals surface area contributed by atoms with E-state index >= 15 is 0 Å². The van der Waals surface area contributed by atoms with E-state index in [1.165, 1.54) is 6.92 Å². The molecule has 0 aliphatic heterocycles. The Morgan fingerprint density at radius 3 is 1.74 bits per heavy atom. The third-order valence-corrected chi connectivity index (χ3v) is 2.47. The van der Waals surface area contributed by atoms with Gasteiger partial charge in [-0.2, -0.15) is 0 Å². The lowest BCUT2D eigenvalue weighted by molar-refractivity contribution is -0.146. The van der Waals surface area contributed by atoms with Gasteiger partial charge in [-0.25, -0.2) is 9.13 Å². The van der Waals surface area contributed by atoms with Crippen LogP contribution in [0.5, 0.6) is 0 Å². The van der Waals surface area contributed by atoms with Gasteiger partial charge in [-0.15, -0.1) is 0 Å². The Hall–Kier alpha value is -0.570. The summed E-state index contributed by atoms with van der Waals surface area (Å²) in [6.45, 7) is 2.93. The Labute approximate surface area is 108 Å². The molecule has 0 fully saturated rings. The average molecular weight is 320 g/mol. The third-order valence-electron chi connectivity index (χ3n) is 1.50. The molecule has 0 aromatic rings. The van der Waals surface area contributed by atoms with Gasteiger partial charge in [0.15, 0.2) is 0 Å². The van der Waals surface area contributed by atoms with Gasteiger partial charge in [0.1, 0.15) is 5.92 Å². The first-order chi connectivity index (χ1) is 8.41. The van der Waals surface area contributed by atoms with Crippen LogP contribution in [0.4, 0.5) is 0 Å². The van der Waals surface area contributed by atoms with Crippen LogP contribution in [0.3, 0.4) is 0 Å². The topological polar surface area (TPSA) is 160 Å². The molecule has 4 N–H and O–H groups in total. The number of rotatable bonds is 8.